The van der Waals surface area contributed by atoms with E-state index in [2.05, 4.69) is 5.32 Å². The van der Waals surface area contributed by atoms with Gasteiger partial charge in [-0.1, -0.05) is 0 Å². The molecular formula is C12H23ClN2O3. The third-order valence-electron chi connectivity index (χ3n) is 3.10. The van der Waals surface area contributed by atoms with E-state index in [9.17, 15) is 4.79 Å². The lowest BCUT2D eigenvalue weighted by Gasteiger charge is -2.43. The summed E-state index contributed by atoms with van der Waals surface area (Å²) in [4.78, 5) is 14.2. The number of carbonyl (C=O) groups is 1. The van der Waals surface area contributed by atoms with Crippen molar-refractivity contribution in [3.8, 4) is 0 Å². The number of hydrogen-bond acceptors (Lipinski definition) is 4. The van der Waals surface area contributed by atoms with Crippen LogP contribution in [0.4, 0.5) is 0 Å². The summed E-state index contributed by atoms with van der Waals surface area (Å²) in [6.45, 7) is 9.28. The van der Waals surface area contributed by atoms with Crippen LogP contribution >= 0.6 is 12.4 Å². The first kappa shape index (κ1) is 15.7. The summed E-state index contributed by atoms with van der Waals surface area (Å²) in [5.41, 5.74) is -0.261. The van der Waals surface area contributed by atoms with Crippen LogP contribution in [0.25, 0.3) is 0 Å². The molecule has 1 N–H and O–H groups in total. The maximum absolute atomic E-state index is 12.3. The van der Waals surface area contributed by atoms with Crippen molar-refractivity contribution in [3.63, 3.8) is 0 Å². The number of morpholine rings is 2. The summed E-state index contributed by atoms with van der Waals surface area (Å²) in [6, 6.07) is -0.190. The molecule has 0 saturated carbocycles. The molecule has 6 heteroatoms. The van der Waals surface area contributed by atoms with Gasteiger partial charge in [-0.25, -0.2) is 0 Å². The molecule has 0 aromatic rings. The van der Waals surface area contributed by atoms with E-state index < -0.39 is 0 Å². The first-order valence-corrected chi connectivity index (χ1v) is 6.26. The lowest BCUT2D eigenvalue weighted by atomic mass is 10.0. The van der Waals surface area contributed by atoms with E-state index in [4.69, 9.17) is 9.47 Å². The molecule has 2 aliphatic rings. The maximum atomic E-state index is 12.3. The van der Waals surface area contributed by atoms with Crippen molar-refractivity contribution >= 4 is 18.3 Å². The standard InChI is InChI=1S/C12H22N2O3.ClH/c1-9-6-14(8-12(2,3)17-9)11(15)10-7-16-5-4-13-10;/h9-10,13H,4-8H2,1-3H3;1H. The van der Waals surface area contributed by atoms with Gasteiger partial charge < -0.3 is 19.7 Å². The summed E-state index contributed by atoms with van der Waals surface area (Å²) in [5, 5.41) is 3.20. The number of nitrogens with one attached hydrogen (secondary N) is 1. The monoisotopic (exact) mass is 278 g/mol. The van der Waals surface area contributed by atoms with Gasteiger partial charge in [0, 0.05) is 19.6 Å². The Morgan fingerprint density at radius 1 is 1.44 bits per heavy atom. The number of amides is 1. The van der Waals surface area contributed by atoms with Crippen LogP contribution in [0.5, 0.6) is 0 Å². The van der Waals surface area contributed by atoms with Crippen molar-refractivity contribution in [2.45, 2.75) is 38.5 Å². The van der Waals surface area contributed by atoms with E-state index in [0.717, 1.165) is 6.54 Å². The van der Waals surface area contributed by atoms with E-state index in [1.165, 1.54) is 0 Å². The molecule has 2 saturated heterocycles. The zero-order valence-electron chi connectivity index (χ0n) is 11.3. The summed E-state index contributed by atoms with van der Waals surface area (Å²) in [7, 11) is 0. The second kappa shape index (κ2) is 6.19. The molecule has 0 spiro atoms. The molecule has 1 amide bonds. The van der Waals surface area contributed by atoms with Gasteiger partial charge >= 0.3 is 0 Å². The molecule has 0 bridgehead atoms. The highest BCUT2D eigenvalue weighted by Crippen LogP contribution is 2.21. The van der Waals surface area contributed by atoms with Crippen molar-refractivity contribution in [2.75, 3.05) is 32.8 Å². The van der Waals surface area contributed by atoms with Gasteiger partial charge in [0.15, 0.2) is 0 Å². The molecule has 0 aliphatic carbocycles. The smallest absolute Gasteiger partial charge is 0.242 e. The number of carbonyl (C=O) groups excluding carboxylic acids is 1. The van der Waals surface area contributed by atoms with Gasteiger partial charge in [0.05, 0.1) is 24.9 Å². The zero-order chi connectivity index (χ0) is 12.5. The second-order valence-corrected chi connectivity index (χ2v) is 5.49. The summed E-state index contributed by atoms with van der Waals surface area (Å²) < 4.78 is 11.1. The van der Waals surface area contributed by atoms with Crippen LogP contribution in [0.15, 0.2) is 0 Å². The van der Waals surface area contributed by atoms with Crippen LogP contribution in [0.3, 0.4) is 0 Å². The van der Waals surface area contributed by atoms with Crippen molar-refractivity contribution in [1.82, 2.24) is 10.2 Å². The number of halogens is 1. The molecule has 2 fully saturated rings. The van der Waals surface area contributed by atoms with Crippen molar-refractivity contribution < 1.29 is 14.3 Å². The molecule has 5 nitrogen and oxygen atoms in total. The highest BCUT2D eigenvalue weighted by atomic mass is 35.5. The number of nitrogens with zero attached hydrogens (tertiary/aromatic N) is 1. The maximum Gasteiger partial charge on any atom is 0.242 e. The highest BCUT2D eigenvalue weighted by molar-refractivity contribution is 5.85. The SMILES string of the molecule is CC1CN(C(=O)C2COCCN2)CC(C)(C)O1.Cl. The largest absolute Gasteiger partial charge is 0.378 e. The van der Waals surface area contributed by atoms with Gasteiger partial charge in [0.2, 0.25) is 5.91 Å². The topological polar surface area (TPSA) is 50.8 Å². The van der Waals surface area contributed by atoms with Gasteiger partial charge in [-0.2, -0.15) is 0 Å². The predicted octanol–water partition coefficient (Wildman–Crippen LogP) is 0.422. The van der Waals surface area contributed by atoms with Gasteiger partial charge in [-0.05, 0) is 20.8 Å². The minimum absolute atomic E-state index is 0. The highest BCUT2D eigenvalue weighted by Gasteiger charge is 2.36. The average Bonchev–Trinajstić information content (AvgIpc) is 2.26. The van der Waals surface area contributed by atoms with Crippen molar-refractivity contribution in [2.24, 2.45) is 0 Å². The molecular weight excluding hydrogens is 256 g/mol. The Morgan fingerprint density at radius 3 is 2.72 bits per heavy atom. The molecule has 2 atom stereocenters. The van der Waals surface area contributed by atoms with Crippen molar-refractivity contribution in [3.05, 3.63) is 0 Å². The molecule has 0 radical (unpaired) electrons. The second-order valence-electron chi connectivity index (χ2n) is 5.49. The first-order chi connectivity index (χ1) is 7.98. The van der Waals surface area contributed by atoms with E-state index >= 15 is 0 Å². The van der Waals surface area contributed by atoms with E-state index in [1.54, 1.807) is 0 Å². The number of hydrogen-bond donors (Lipinski definition) is 1. The van der Waals surface area contributed by atoms with Crippen LogP contribution < -0.4 is 5.32 Å². The van der Waals surface area contributed by atoms with Gasteiger partial charge in [0.25, 0.3) is 0 Å². The van der Waals surface area contributed by atoms with Gasteiger partial charge in [0.1, 0.15) is 6.04 Å². The van der Waals surface area contributed by atoms with Crippen LogP contribution in [0.1, 0.15) is 20.8 Å². The molecule has 0 aromatic carbocycles. The molecule has 18 heavy (non-hydrogen) atoms. The first-order valence-electron chi connectivity index (χ1n) is 6.26. The van der Waals surface area contributed by atoms with Crippen molar-refractivity contribution in [1.29, 1.82) is 0 Å². The summed E-state index contributed by atoms with van der Waals surface area (Å²) in [5.74, 6) is 0.132. The Balaban J connectivity index is 0.00000162. The van der Waals surface area contributed by atoms with E-state index in [0.29, 0.717) is 26.3 Å². The molecule has 2 rings (SSSR count). The molecule has 2 unspecified atom stereocenters. The van der Waals surface area contributed by atoms with Crippen LogP contribution in [-0.4, -0.2) is 61.4 Å². The molecule has 2 heterocycles. The Morgan fingerprint density at radius 2 is 2.17 bits per heavy atom. The Hall–Kier alpha value is -0.360. The van der Waals surface area contributed by atoms with E-state index in [1.807, 2.05) is 25.7 Å². The molecule has 2 aliphatic heterocycles. The fraction of sp³-hybridized carbons (Fsp3) is 0.917. The molecule has 0 aromatic heterocycles. The lowest BCUT2D eigenvalue weighted by molar-refractivity contribution is -0.162. The van der Waals surface area contributed by atoms with E-state index in [-0.39, 0.29) is 36.1 Å². The minimum atomic E-state index is -0.261. The van der Waals surface area contributed by atoms with Crippen LogP contribution in [0, 0.1) is 0 Å². The molecule has 106 valence electrons. The van der Waals surface area contributed by atoms with Gasteiger partial charge in [-0.3, -0.25) is 4.79 Å². The van der Waals surface area contributed by atoms with Crippen LogP contribution in [0.2, 0.25) is 0 Å². The predicted molar refractivity (Wildman–Crippen MR) is 71.1 cm³/mol. The normalized spacial score (nSPS) is 31.6. The van der Waals surface area contributed by atoms with Crippen LogP contribution in [-0.2, 0) is 14.3 Å². The average molecular weight is 279 g/mol. The third kappa shape index (κ3) is 3.82. The number of rotatable bonds is 1. The quantitative estimate of drug-likeness (QED) is 0.755. The third-order valence-corrected chi connectivity index (χ3v) is 3.10. The fourth-order valence-corrected chi connectivity index (χ4v) is 2.57. The number of ether oxygens (including phenoxy) is 2. The summed E-state index contributed by atoms with van der Waals surface area (Å²) >= 11 is 0. The zero-order valence-corrected chi connectivity index (χ0v) is 12.1. The summed E-state index contributed by atoms with van der Waals surface area (Å²) in [6.07, 6.45) is 0.0900. The Labute approximate surface area is 115 Å². The Kier molecular flexibility index (Phi) is 5.40. The lowest BCUT2D eigenvalue weighted by Crippen LogP contribution is -2.59. The fourth-order valence-electron chi connectivity index (χ4n) is 2.57. The Bertz CT molecular complexity index is 293. The minimum Gasteiger partial charge on any atom is -0.378 e. The van der Waals surface area contributed by atoms with Gasteiger partial charge in [-0.15, -0.1) is 12.4 Å².